The van der Waals surface area contributed by atoms with Gasteiger partial charge in [0.25, 0.3) is 5.91 Å². The van der Waals surface area contributed by atoms with E-state index in [-0.39, 0.29) is 18.5 Å². The van der Waals surface area contributed by atoms with E-state index in [4.69, 9.17) is 9.84 Å². The topological polar surface area (TPSA) is 66.8 Å². The first-order chi connectivity index (χ1) is 12.0. The molecule has 1 saturated carbocycles. The predicted molar refractivity (Wildman–Crippen MR) is 93.8 cm³/mol. The first kappa shape index (κ1) is 17.0. The van der Waals surface area contributed by atoms with Gasteiger partial charge in [0.1, 0.15) is 11.5 Å². The normalized spacial score (nSPS) is 14.6. The molecule has 0 bridgehead atoms. The maximum absolute atomic E-state index is 12.9. The summed E-state index contributed by atoms with van der Waals surface area (Å²) < 4.78 is 5.78. The molecule has 1 atom stereocenters. The molecule has 5 nitrogen and oxygen atoms in total. The van der Waals surface area contributed by atoms with Crippen LogP contribution in [0.2, 0.25) is 0 Å². The number of para-hydroxylation sites is 1. The first-order valence-electron chi connectivity index (χ1n) is 8.41. The summed E-state index contributed by atoms with van der Waals surface area (Å²) in [6.07, 6.45) is 1.86. The van der Waals surface area contributed by atoms with E-state index in [0.29, 0.717) is 17.1 Å². The van der Waals surface area contributed by atoms with Gasteiger partial charge in [0.05, 0.1) is 5.92 Å². The lowest BCUT2D eigenvalue weighted by Crippen LogP contribution is -2.38. The highest BCUT2D eigenvalue weighted by atomic mass is 16.5. The second-order valence-electron chi connectivity index (χ2n) is 6.37. The zero-order valence-electron chi connectivity index (χ0n) is 14.1. The largest absolute Gasteiger partial charge is 0.481 e. The second kappa shape index (κ2) is 7.38. The standard InChI is InChI=1S/C20H21NO4/c1-14(20(23)24)13-21(16-10-11-16)19(22)15-6-5-9-18(12-15)25-17-7-3-2-4-8-17/h2-9,12,14,16H,10-11,13H2,1H3,(H,23,24). The molecule has 0 saturated heterocycles. The fourth-order valence-electron chi connectivity index (χ4n) is 2.64. The predicted octanol–water partition coefficient (Wildman–Crippen LogP) is 3.80. The Morgan fingerprint density at radius 2 is 1.80 bits per heavy atom. The SMILES string of the molecule is CC(CN(C(=O)c1cccc(Oc2ccccc2)c1)C1CC1)C(=O)O. The number of carbonyl (C=O) groups excluding carboxylic acids is 1. The summed E-state index contributed by atoms with van der Waals surface area (Å²) in [4.78, 5) is 25.7. The third-order valence-corrected chi connectivity index (χ3v) is 4.20. The number of ether oxygens (including phenoxy) is 1. The minimum Gasteiger partial charge on any atom is -0.481 e. The molecule has 0 aliphatic heterocycles. The highest BCUT2D eigenvalue weighted by molar-refractivity contribution is 5.95. The van der Waals surface area contributed by atoms with Crippen LogP contribution in [-0.2, 0) is 4.79 Å². The van der Waals surface area contributed by atoms with Crippen molar-refractivity contribution in [2.75, 3.05) is 6.54 Å². The molecule has 2 aromatic carbocycles. The summed E-state index contributed by atoms with van der Waals surface area (Å²) >= 11 is 0. The summed E-state index contributed by atoms with van der Waals surface area (Å²) in [6, 6.07) is 16.5. The first-order valence-corrected chi connectivity index (χ1v) is 8.41. The van der Waals surface area contributed by atoms with Crippen molar-refractivity contribution in [3.05, 3.63) is 60.2 Å². The molecular weight excluding hydrogens is 318 g/mol. The van der Waals surface area contributed by atoms with Crippen LogP contribution < -0.4 is 4.74 Å². The molecule has 1 aliphatic rings. The number of nitrogens with zero attached hydrogens (tertiary/aromatic N) is 1. The molecular formula is C20H21NO4. The minimum absolute atomic E-state index is 0.144. The van der Waals surface area contributed by atoms with Crippen molar-refractivity contribution in [1.82, 2.24) is 4.90 Å². The second-order valence-corrected chi connectivity index (χ2v) is 6.37. The van der Waals surface area contributed by atoms with Gasteiger partial charge in [-0.15, -0.1) is 0 Å². The summed E-state index contributed by atoms with van der Waals surface area (Å²) in [5.74, 6) is -0.341. The summed E-state index contributed by atoms with van der Waals surface area (Å²) in [6.45, 7) is 1.85. The molecule has 130 valence electrons. The summed E-state index contributed by atoms with van der Waals surface area (Å²) in [5, 5.41) is 9.14. The van der Waals surface area contributed by atoms with Crippen molar-refractivity contribution in [1.29, 1.82) is 0 Å². The van der Waals surface area contributed by atoms with Crippen LogP contribution in [0.1, 0.15) is 30.1 Å². The van der Waals surface area contributed by atoms with E-state index in [1.54, 1.807) is 36.1 Å². The molecule has 0 heterocycles. The lowest BCUT2D eigenvalue weighted by Gasteiger charge is -2.24. The van der Waals surface area contributed by atoms with Gasteiger partial charge in [0, 0.05) is 18.2 Å². The Bertz CT molecular complexity index is 755. The number of carbonyl (C=O) groups is 2. The van der Waals surface area contributed by atoms with E-state index in [1.165, 1.54) is 0 Å². The van der Waals surface area contributed by atoms with E-state index in [9.17, 15) is 9.59 Å². The molecule has 3 rings (SSSR count). The van der Waals surface area contributed by atoms with E-state index >= 15 is 0 Å². The number of carboxylic acid groups (broad SMARTS) is 1. The van der Waals surface area contributed by atoms with Gasteiger partial charge in [-0.1, -0.05) is 31.2 Å². The van der Waals surface area contributed by atoms with E-state index < -0.39 is 11.9 Å². The van der Waals surface area contributed by atoms with Crippen molar-refractivity contribution in [2.24, 2.45) is 5.92 Å². The Morgan fingerprint density at radius 3 is 2.44 bits per heavy atom. The smallest absolute Gasteiger partial charge is 0.308 e. The monoisotopic (exact) mass is 339 g/mol. The zero-order valence-corrected chi connectivity index (χ0v) is 14.1. The Kier molecular flexibility index (Phi) is 5.03. The molecule has 5 heteroatoms. The number of hydrogen-bond donors (Lipinski definition) is 1. The Balaban J connectivity index is 1.76. The van der Waals surface area contributed by atoms with Gasteiger partial charge in [-0.3, -0.25) is 9.59 Å². The van der Waals surface area contributed by atoms with Crippen molar-refractivity contribution in [3.8, 4) is 11.5 Å². The molecule has 1 amide bonds. The molecule has 1 unspecified atom stereocenters. The van der Waals surface area contributed by atoms with E-state index in [2.05, 4.69) is 0 Å². The number of rotatable bonds is 7. The maximum Gasteiger partial charge on any atom is 0.308 e. The average molecular weight is 339 g/mol. The Hall–Kier alpha value is -2.82. The fraction of sp³-hybridized carbons (Fsp3) is 0.300. The van der Waals surface area contributed by atoms with Crippen molar-refractivity contribution in [2.45, 2.75) is 25.8 Å². The minimum atomic E-state index is -0.889. The lowest BCUT2D eigenvalue weighted by atomic mass is 10.1. The highest BCUT2D eigenvalue weighted by Gasteiger charge is 2.35. The van der Waals surface area contributed by atoms with Crippen LogP contribution in [0, 0.1) is 5.92 Å². The fourth-order valence-corrected chi connectivity index (χ4v) is 2.64. The van der Waals surface area contributed by atoms with Gasteiger partial charge >= 0.3 is 5.97 Å². The Morgan fingerprint density at radius 1 is 1.12 bits per heavy atom. The van der Waals surface area contributed by atoms with Gasteiger partial charge in [-0.25, -0.2) is 0 Å². The van der Waals surface area contributed by atoms with Gasteiger partial charge in [0.15, 0.2) is 0 Å². The molecule has 1 N–H and O–H groups in total. The van der Waals surface area contributed by atoms with Crippen LogP contribution in [0.3, 0.4) is 0 Å². The zero-order chi connectivity index (χ0) is 17.8. The highest BCUT2D eigenvalue weighted by Crippen LogP contribution is 2.30. The van der Waals surface area contributed by atoms with E-state index in [1.807, 2.05) is 30.3 Å². The number of aliphatic carboxylic acids is 1. The van der Waals surface area contributed by atoms with Crippen LogP contribution in [0.15, 0.2) is 54.6 Å². The lowest BCUT2D eigenvalue weighted by molar-refractivity contribution is -0.141. The third kappa shape index (κ3) is 4.38. The molecule has 25 heavy (non-hydrogen) atoms. The van der Waals surface area contributed by atoms with Crippen molar-refractivity contribution < 1.29 is 19.4 Å². The van der Waals surface area contributed by atoms with Gasteiger partial charge in [-0.2, -0.15) is 0 Å². The molecule has 2 aromatic rings. The molecule has 1 fully saturated rings. The quantitative estimate of drug-likeness (QED) is 0.833. The summed E-state index contributed by atoms with van der Waals surface area (Å²) in [7, 11) is 0. The summed E-state index contributed by atoms with van der Waals surface area (Å²) in [5.41, 5.74) is 0.512. The number of amides is 1. The van der Waals surface area contributed by atoms with Crippen LogP contribution in [0.5, 0.6) is 11.5 Å². The number of benzene rings is 2. The molecule has 0 spiro atoms. The van der Waals surface area contributed by atoms with Crippen LogP contribution in [0.4, 0.5) is 0 Å². The van der Waals surface area contributed by atoms with Crippen LogP contribution in [-0.4, -0.2) is 34.5 Å². The van der Waals surface area contributed by atoms with Crippen molar-refractivity contribution >= 4 is 11.9 Å². The maximum atomic E-state index is 12.9. The van der Waals surface area contributed by atoms with Crippen molar-refractivity contribution in [3.63, 3.8) is 0 Å². The Labute approximate surface area is 146 Å². The third-order valence-electron chi connectivity index (χ3n) is 4.20. The van der Waals surface area contributed by atoms with E-state index in [0.717, 1.165) is 12.8 Å². The number of hydrogen-bond acceptors (Lipinski definition) is 3. The van der Waals surface area contributed by atoms with Gasteiger partial charge in [-0.05, 0) is 43.2 Å². The molecule has 1 aliphatic carbocycles. The van der Waals surface area contributed by atoms with Gasteiger partial charge < -0.3 is 14.7 Å². The average Bonchev–Trinajstić information content (AvgIpc) is 3.45. The number of carboxylic acids is 1. The molecule has 0 aromatic heterocycles. The molecule has 0 radical (unpaired) electrons. The van der Waals surface area contributed by atoms with Crippen LogP contribution >= 0.6 is 0 Å². The van der Waals surface area contributed by atoms with Gasteiger partial charge in [0.2, 0.25) is 0 Å². The van der Waals surface area contributed by atoms with Crippen LogP contribution in [0.25, 0.3) is 0 Å².